The summed E-state index contributed by atoms with van der Waals surface area (Å²) in [7, 11) is 1.83. The number of ether oxygens (including phenoxy) is 3. The quantitative estimate of drug-likeness (QED) is 0.341. The first-order valence-corrected chi connectivity index (χ1v) is 11.6. The van der Waals surface area contributed by atoms with Gasteiger partial charge in [0.15, 0.2) is 17.2 Å². The summed E-state index contributed by atoms with van der Waals surface area (Å²) in [6, 6.07) is 13.4. The number of nitrogens with zero attached hydrogens (tertiary/aromatic N) is 2. The molecule has 0 spiro atoms. The van der Waals surface area contributed by atoms with Gasteiger partial charge in [-0.3, -0.25) is 9.59 Å². The van der Waals surface area contributed by atoms with Crippen molar-refractivity contribution in [1.29, 1.82) is 0 Å². The molecule has 0 saturated heterocycles. The van der Waals surface area contributed by atoms with E-state index in [9.17, 15) is 14.7 Å². The number of aliphatic carboxylic acids is 1. The highest BCUT2D eigenvalue weighted by Gasteiger charge is 2.23. The zero-order chi connectivity index (χ0) is 26.3. The number of para-hydroxylation sites is 1. The van der Waals surface area contributed by atoms with E-state index in [1.807, 2.05) is 39.1 Å². The molecule has 1 atom stereocenters. The number of imidazole rings is 1. The van der Waals surface area contributed by atoms with Crippen LogP contribution >= 0.6 is 0 Å². The highest BCUT2D eigenvalue weighted by Crippen LogP contribution is 2.36. The van der Waals surface area contributed by atoms with E-state index in [1.165, 1.54) is 0 Å². The number of carbonyl (C=O) groups excluding carboxylic acids is 1. The molecule has 190 valence electrons. The van der Waals surface area contributed by atoms with E-state index in [2.05, 4.69) is 10.3 Å². The number of nitrogens with one attached hydrogen (secondary N) is 1. The molecule has 2 heterocycles. The first kappa shape index (κ1) is 24.0. The molecule has 0 radical (unpaired) electrons. The number of amides is 1. The standard InChI is InChI=1S/C27H26N4O6/c1-14-9-17(10-15(2)25(14)37-21-6-4-5-19-24(21)30-27(28)31(19)3)26(34)29-18(12-23(32)33)16-7-8-20-22(11-16)36-13-35-20/h4-11,18H,12-13H2,1-3H3,(H2,28,30)(H,29,34)(H,32,33)/t18-/m0/s1. The maximum Gasteiger partial charge on any atom is 0.305 e. The monoisotopic (exact) mass is 502 g/mol. The molecule has 0 saturated carbocycles. The highest BCUT2D eigenvalue weighted by atomic mass is 16.7. The average Bonchev–Trinajstić information content (AvgIpc) is 3.44. The van der Waals surface area contributed by atoms with Crippen LogP contribution < -0.4 is 25.3 Å². The minimum Gasteiger partial charge on any atom is -0.481 e. The van der Waals surface area contributed by atoms with E-state index >= 15 is 0 Å². The van der Waals surface area contributed by atoms with Gasteiger partial charge in [0.25, 0.3) is 5.91 Å². The normalized spacial score (nSPS) is 12.9. The number of hydrogen-bond donors (Lipinski definition) is 3. The van der Waals surface area contributed by atoms with Gasteiger partial charge in [-0.1, -0.05) is 12.1 Å². The third kappa shape index (κ3) is 4.61. The number of nitrogen functional groups attached to an aromatic ring is 1. The van der Waals surface area contributed by atoms with Crippen LogP contribution in [0.3, 0.4) is 0 Å². The fourth-order valence-electron chi connectivity index (χ4n) is 4.44. The maximum atomic E-state index is 13.2. The summed E-state index contributed by atoms with van der Waals surface area (Å²) in [5, 5.41) is 12.3. The zero-order valence-electron chi connectivity index (χ0n) is 20.6. The second-order valence-electron chi connectivity index (χ2n) is 8.93. The topological polar surface area (TPSA) is 138 Å². The molecule has 1 aromatic heterocycles. The maximum absolute atomic E-state index is 13.2. The van der Waals surface area contributed by atoms with Crippen molar-refractivity contribution >= 4 is 28.9 Å². The van der Waals surface area contributed by atoms with E-state index in [1.54, 1.807) is 34.9 Å². The Labute approximate surface area is 212 Å². The number of carboxylic acids is 1. The number of fused-ring (bicyclic) bond motifs is 2. The summed E-state index contributed by atoms with van der Waals surface area (Å²) in [5.41, 5.74) is 9.93. The molecule has 0 aliphatic carbocycles. The molecule has 0 bridgehead atoms. The number of carbonyl (C=O) groups is 2. The molecule has 4 aromatic rings. The Bertz CT molecular complexity index is 1520. The van der Waals surface area contributed by atoms with Crippen LogP contribution in [-0.2, 0) is 11.8 Å². The Hall–Kier alpha value is -4.73. The van der Waals surface area contributed by atoms with E-state index in [0.717, 1.165) is 16.6 Å². The number of aryl methyl sites for hydroxylation is 3. The largest absolute Gasteiger partial charge is 0.481 e. The molecule has 1 amide bonds. The zero-order valence-corrected chi connectivity index (χ0v) is 20.6. The van der Waals surface area contributed by atoms with Gasteiger partial charge in [0.2, 0.25) is 12.7 Å². The number of aromatic nitrogens is 2. The number of hydrogen-bond acceptors (Lipinski definition) is 7. The molecule has 1 aliphatic rings. The van der Waals surface area contributed by atoms with Crippen molar-refractivity contribution in [2.75, 3.05) is 12.5 Å². The predicted molar refractivity (Wildman–Crippen MR) is 136 cm³/mol. The SMILES string of the molecule is Cc1cc(C(=O)N[C@@H](CC(=O)O)c2ccc3c(c2)OCO3)cc(C)c1Oc1cccc2c1nc(N)n2C. The molecular weight excluding hydrogens is 476 g/mol. The fraction of sp³-hybridized carbons (Fsp3) is 0.222. The van der Waals surface area contributed by atoms with E-state index in [0.29, 0.717) is 45.6 Å². The lowest BCUT2D eigenvalue weighted by atomic mass is 10.0. The van der Waals surface area contributed by atoms with Gasteiger partial charge in [-0.25, -0.2) is 4.98 Å². The fourth-order valence-corrected chi connectivity index (χ4v) is 4.44. The first-order valence-electron chi connectivity index (χ1n) is 11.6. The molecule has 0 unspecified atom stereocenters. The van der Waals surface area contributed by atoms with Gasteiger partial charge >= 0.3 is 5.97 Å². The molecule has 0 fully saturated rings. The van der Waals surface area contributed by atoms with Crippen molar-refractivity contribution in [3.05, 3.63) is 70.8 Å². The minimum atomic E-state index is -1.04. The number of nitrogens with two attached hydrogens (primary N) is 1. The Morgan fingerprint density at radius 3 is 2.59 bits per heavy atom. The molecular formula is C27H26N4O6. The summed E-state index contributed by atoms with van der Waals surface area (Å²) in [6.07, 6.45) is -0.290. The summed E-state index contributed by atoms with van der Waals surface area (Å²) >= 11 is 0. The molecule has 10 heteroatoms. The van der Waals surface area contributed by atoms with Crippen LogP contribution in [0.4, 0.5) is 5.95 Å². The number of benzene rings is 3. The molecule has 4 N–H and O–H groups in total. The Balaban J connectivity index is 1.40. The van der Waals surface area contributed by atoms with Crippen LogP contribution in [0.25, 0.3) is 11.0 Å². The van der Waals surface area contributed by atoms with E-state index < -0.39 is 17.9 Å². The first-order chi connectivity index (χ1) is 17.7. The van der Waals surface area contributed by atoms with Crippen molar-refractivity contribution in [3.63, 3.8) is 0 Å². The van der Waals surface area contributed by atoms with Gasteiger partial charge in [-0.15, -0.1) is 0 Å². The summed E-state index contributed by atoms with van der Waals surface area (Å²) < 4.78 is 18.7. The number of carboxylic acid groups (broad SMARTS) is 1. The van der Waals surface area contributed by atoms with Crippen molar-refractivity contribution in [2.45, 2.75) is 26.3 Å². The molecule has 10 nitrogen and oxygen atoms in total. The third-order valence-corrected chi connectivity index (χ3v) is 6.33. The van der Waals surface area contributed by atoms with Crippen LogP contribution in [0.15, 0.2) is 48.5 Å². The molecule has 5 rings (SSSR count). The second-order valence-corrected chi connectivity index (χ2v) is 8.93. The van der Waals surface area contributed by atoms with Crippen LogP contribution in [-0.4, -0.2) is 33.3 Å². The van der Waals surface area contributed by atoms with Crippen molar-refractivity contribution in [3.8, 4) is 23.0 Å². The number of anilines is 1. The summed E-state index contributed by atoms with van der Waals surface area (Å²) in [5.74, 6) is 1.19. The molecule has 3 aromatic carbocycles. The summed E-state index contributed by atoms with van der Waals surface area (Å²) in [6.45, 7) is 3.79. The molecule has 37 heavy (non-hydrogen) atoms. The average molecular weight is 503 g/mol. The molecule has 1 aliphatic heterocycles. The Morgan fingerprint density at radius 1 is 1.14 bits per heavy atom. The highest BCUT2D eigenvalue weighted by molar-refractivity contribution is 5.95. The van der Waals surface area contributed by atoms with Crippen LogP contribution in [0.1, 0.15) is 39.5 Å². The van der Waals surface area contributed by atoms with Crippen LogP contribution in [0, 0.1) is 13.8 Å². The van der Waals surface area contributed by atoms with Gasteiger partial charge in [-0.2, -0.15) is 0 Å². The van der Waals surface area contributed by atoms with E-state index in [-0.39, 0.29) is 13.2 Å². The van der Waals surface area contributed by atoms with Gasteiger partial charge in [0, 0.05) is 12.6 Å². The second kappa shape index (κ2) is 9.38. The van der Waals surface area contributed by atoms with Gasteiger partial charge in [-0.05, 0) is 66.9 Å². The lowest BCUT2D eigenvalue weighted by molar-refractivity contribution is -0.137. The lowest BCUT2D eigenvalue weighted by Crippen LogP contribution is -2.30. The van der Waals surface area contributed by atoms with Crippen LogP contribution in [0.2, 0.25) is 0 Å². The number of rotatable bonds is 7. The van der Waals surface area contributed by atoms with Gasteiger partial charge in [0.05, 0.1) is 18.0 Å². The predicted octanol–water partition coefficient (Wildman–Crippen LogP) is 4.24. The minimum absolute atomic E-state index is 0.101. The van der Waals surface area contributed by atoms with Gasteiger partial charge in [0.1, 0.15) is 11.3 Å². The van der Waals surface area contributed by atoms with Crippen molar-refractivity contribution in [2.24, 2.45) is 7.05 Å². The lowest BCUT2D eigenvalue weighted by Gasteiger charge is -2.19. The summed E-state index contributed by atoms with van der Waals surface area (Å²) in [4.78, 5) is 29.2. The van der Waals surface area contributed by atoms with Crippen molar-refractivity contribution < 1.29 is 28.9 Å². The van der Waals surface area contributed by atoms with Crippen molar-refractivity contribution in [1.82, 2.24) is 14.9 Å². The smallest absolute Gasteiger partial charge is 0.305 e. The Kier molecular flexibility index (Phi) is 6.08. The Morgan fingerprint density at radius 2 is 1.86 bits per heavy atom. The van der Waals surface area contributed by atoms with Crippen LogP contribution in [0.5, 0.6) is 23.0 Å². The van der Waals surface area contributed by atoms with E-state index in [4.69, 9.17) is 19.9 Å². The van der Waals surface area contributed by atoms with Gasteiger partial charge < -0.3 is 34.9 Å². The third-order valence-electron chi connectivity index (χ3n) is 6.33.